The lowest BCUT2D eigenvalue weighted by molar-refractivity contribution is 0.297. The van der Waals surface area contributed by atoms with Crippen molar-refractivity contribution in [2.45, 2.75) is 26.8 Å². The highest BCUT2D eigenvalue weighted by atomic mass is 32.2. The van der Waals surface area contributed by atoms with E-state index < -0.39 is 10.0 Å². The number of benzene rings is 2. The maximum Gasteiger partial charge on any atom is 0.256 e. The van der Waals surface area contributed by atoms with Crippen LogP contribution in [0.25, 0.3) is 22.2 Å². The summed E-state index contributed by atoms with van der Waals surface area (Å²) in [5, 5.41) is 4.30. The number of anilines is 2. The van der Waals surface area contributed by atoms with E-state index in [4.69, 9.17) is 0 Å². The van der Waals surface area contributed by atoms with Gasteiger partial charge in [0.2, 0.25) is 5.96 Å². The number of piperazine rings is 1. The summed E-state index contributed by atoms with van der Waals surface area (Å²) in [6, 6.07) is 18.0. The first kappa shape index (κ1) is 24.8. The molecule has 4 aromatic rings. The van der Waals surface area contributed by atoms with Crippen LogP contribution in [-0.4, -0.2) is 65.7 Å². The van der Waals surface area contributed by atoms with Crippen LogP contribution in [0.15, 0.2) is 71.5 Å². The molecule has 2 aromatic heterocycles. The fourth-order valence-corrected chi connectivity index (χ4v) is 5.19. The Morgan fingerprint density at radius 1 is 1.08 bits per heavy atom. The monoisotopic (exact) mass is 517 g/mol. The predicted octanol–water partition coefficient (Wildman–Crippen LogP) is 4.26. The van der Waals surface area contributed by atoms with Gasteiger partial charge in [-0.1, -0.05) is 42.5 Å². The third-order valence-electron chi connectivity index (χ3n) is 6.68. The summed E-state index contributed by atoms with van der Waals surface area (Å²) in [5.41, 5.74) is 4.90. The van der Waals surface area contributed by atoms with Crippen molar-refractivity contribution in [3.8, 4) is 11.1 Å². The average molecular weight is 518 g/mol. The number of aryl methyl sites for hydroxylation is 1. The Hall–Kier alpha value is -3.92. The minimum atomic E-state index is -3.61. The molecule has 3 heterocycles. The van der Waals surface area contributed by atoms with Gasteiger partial charge in [-0.05, 0) is 49.6 Å². The number of nitrogens with one attached hydrogen (secondary N) is 2. The number of rotatable bonds is 5. The molecule has 0 amide bonds. The van der Waals surface area contributed by atoms with Gasteiger partial charge >= 0.3 is 0 Å². The second kappa shape index (κ2) is 10.2. The molecule has 37 heavy (non-hydrogen) atoms. The summed E-state index contributed by atoms with van der Waals surface area (Å²) < 4.78 is 29.3. The molecule has 10 heteroatoms. The van der Waals surface area contributed by atoms with Gasteiger partial charge in [0.1, 0.15) is 17.8 Å². The third kappa shape index (κ3) is 5.29. The van der Waals surface area contributed by atoms with E-state index in [0.29, 0.717) is 25.6 Å². The Morgan fingerprint density at radius 3 is 2.51 bits per heavy atom. The number of aromatic nitrogens is 3. The van der Waals surface area contributed by atoms with Gasteiger partial charge in [0.05, 0.1) is 11.1 Å². The van der Waals surface area contributed by atoms with Crippen molar-refractivity contribution in [3.05, 3.63) is 72.7 Å². The zero-order chi connectivity index (χ0) is 26.0. The molecule has 192 valence electrons. The zero-order valence-corrected chi connectivity index (χ0v) is 22.0. The molecule has 1 fully saturated rings. The second-order valence-corrected chi connectivity index (χ2v) is 11.2. The quantitative estimate of drug-likeness (QED) is 0.301. The lowest BCUT2D eigenvalue weighted by Crippen LogP contribution is -2.56. The summed E-state index contributed by atoms with van der Waals surface area (Å²) in [6.07, 6.45) is 3.52. The number of guanidine groups is 1. The van der Waals surface area contributed by atoms with Crippen molar-refractivity contribution in [2.75, 3.05) is 35.6 Å². The number of nitrogens with zero attached hydrogens (tertiary/aromatic N) is 5. The van der Waals surface area contributed by atoms with Crippen molar-refractivity contribution < 1.29 is 8.42 Å². The summed E-state index contributed by atoms with van der Waals surface area (Å²) >= 11 is 0. The molecule has 1 saturated heterocycles. The van der Waals surface area contributed by atoms with Gasteiger partial charge in [0, 0.05) is 37.6 Å². The maximum atomic E-state index is 12.5. The molecule has 0 unspecified atom stereocenters. The maximum absolute atomic E-state index is 12.5. The normalized spacial score (nSPS) is 16.8. The molecule has 0 saturated carbocycles. The average Bonchev–Trinajstić information content (AvgIpc) is 3.30. The Labute approximate surface area is 217 Å². The van der Waals surface area contributed by atoms with E-state index in [1.807, 2.05) is 60.5 Å². The first-order valence-corrected chi connectivity index (χ1v) is 14.0. The van der Waals surface area contributed by atoms with E-state index in [1.165, 1.54) is 0 Å². The molecule has 9 nitrogen and oxygen atoms in total. The number of fused-ring (bicyclic) bond motifs is 1. The molecule has 1 atom stereocenters. The van der Waals surface area contributed by atoms with E-state index in [2.05, 4.69) is 48.6 Å². The van der Waals surface area contributed by atoms with Gasteiger partial charge in [0.15, 0.2) is 0 Å². The van der Waals surface area contributed by atoms with E-state index in [9.17, 15) is 8.42 Å². The number of hydrogen-bond donors (Lipinski definition) is 2. The van der Waals surface area contributed by atoms with E-state index in [0.717, 1.165) is 39.2 Å². The Bertz CT molecular complexity index is 1520. The van der Waals surface area contributed by atoms with Crippen molar-refractivity contribution in [2.24, 2.45) is 4.40 Å². The summed E-state index contributed by atoms with van der Waals surface area (Å²) in [7, 11) is -3.61. The topological polar surface area (TPSA) is 107 Å². The molecule has 0 aliphatic carbocycles. The minimum absolute atomic E-state index is 0.0140. The van der Waals surface area contributed by atoms with Gasteiger partial charge in [-0.25, -0.2) is 18.4 Å². The molecule has 0 radical (unpaired) electrons. The van der Waals surface area contributed by atoms with Crippen molar-refractivity contribution in [1.82, 2.24) is 19.9 Å². The van der Waals surface area contributed by atoms with Crippen LogP contribution in [0.2, 0.25) is 0 Å². The smallest absolute Gasteiger partial charge is 0.256 e. The van der Waals surface area contributed by atoms with Crippen molar-refractivity contribution in [1.29, 1.82) is 0 Å². The van der Waals surface area contributed by atoms with Crippen LogP contribution in [0.5, 0.6) is 0 Å². The molecule has 1 aliphatic heterocycles. The van der Waals surface area contributed by atoms with Gasteiger partial charge in [-0.3, -0.25) is 0 Å². The molecule has 1 aliphatic rings. The molecule has 2 aromatic carbocycles. The first-order valence-electron chi connectivity index (χ1n) is 12.4. The van der Waals surface area contributed by atoms with Crippen LogP contribution in [0.1, 0.15) is 19.4 Å². The predicted molar refractivity (Wildman–Crippen MR) is 149 cm³/mol. The number of H-pyrrole nitrogens is 1. The Morgan fingerprint density at radius 2 is 1.81 bits per heavy atom. The zero-order valence-electron chi connectivity index (χ0n) is 21.2. The highest BCUT2D eigenvalue weighted by Crippen LogP contribution is 2.28. The van der Waals surface area contributed by atoms with Crippen LogP contribution >= 0.6 is 0 Å². The van der Waals surface area contributed by atoms with Crippen LogP contribution in [-0.2, 0) is 10.0 Å². The molecule has 5 rings (SSSR count). The SMILES string of the molecule is CCS(=O)(=O)N=C(Nc1ccc(-c2ccccc2)cc1)N1CCN(c2ncnc3[nH]cc(C)c23)C[C@@H]1C. The largest absolute Gasteiger partial charge is 0.352 e. The standard InChI is InChI=1S/C27H31N7O2S/c1-4-37(35,36)32-27(31-23-12-10-22(11-13-23)21-8-6-5-7-9-21)34-15-14-33(17-20(34)3)26-24-19(2)16-28-25(24)29-18-30-26/h5-13,16,18,20H,4,14-15,17H2,1-3H3,(H,31,32)(H,28,29,30)/t20-/m0/s1. The fourth-order valence-electron chi connectivity index (χ4n) is 4.65. The van der Waals surface area contributed by atoms with E-state index in [-0.39, 0.29) is 11.8 Å². The van der Waals surface area contributed by atoms with Gasteiger partial charge in [-0.2, -0.15) is 0 Å². The van der Waals surface area contributed by atoms with E-state index in [1.54, 1.807) is 13.3 Å². The lowest BCUT2D eigenvalue weighted by atomic mass is 10.1. The van der Waals surface area contributed by atoms with Gasteiger partial charge in [-0.15, -0.1) is 4.40 Å². The highest BCUT2D eigenvalue weighted by molar-refractivity contribution is 7.90. The van der Waals surface area contributed by atoms with Crippen LogP contribution in [0.3, 0.4) is 0 Å². The van der Waals surface area contributed by atoms with Crippen molar-refractivity contribution >= 4 is 38.5 Å². The fraction of sp³-hybridized carbons (Fsp3) is 0.296. The van der Waals surface area contributed by atoms with E-state index >= 15 is 0 Å². The number of hydrogen-bond acceptors (Lipinski definition) is 5. The van der Waals surface area contributed by atoms with Crippen LogP contribution in [0, 0.1) is 6.92 Å². The Kier molecular flexibility index (Phi) is 6.84. The minimum Gasteiger partial charge on any atom is -0.352 e. The molecular weight excluding hydrogens is 486 g/mol. The van der Waals surface area contributed by atoms with Gasteiger partial charge < -0.3 is 20.1 Å². The van der Waals surface area contributed by atoms with Gasteiger partial charge in [0.25, 0.3) is 10.0 Å². The third-order valence-corrected chi connectivity index (χ3v) is 7.87. The highest BCUT2D eigenvalue weighted by Gasteiger charge is 2.29. The van der Waals surface area contributed by atoms with Crippen LogP contribution in [0.4, 0.5) is 11.5 Å². The number of sulfonamides is 1. The summed E-state index contributed by atoms with van der Waals surface area (Å²) in [6.45, 7) is 7.63. The molecule has 0 spiro atoms. The van der Waals surface area contributed by atoms with Crippen molar-refractivity contribution in [3.63, 3.8) is 0 Å². The first-order chi connectivity index (χ1) is 17.8. The Balaban J connectivity index is 1.39. The molecule has 0 bridgehead atoms. The molecule has 2 N–H and O–H groups in total. The number of aromatic amines is 1. The summed E-state index contributed by atoms with van der Waals surface area (Å²) in [5.74, 6) is 1.16. The van der Waals surface area contributed by atoms with Crippen LogP contribution < -0.4 is 10.2 Å². The second-order valence-electron chi connectivity index (χ2n) is 9.23. The molecular formula is C27H31N7O2S. The summed E-state index contributed by atoms with van der Waals surface area (Å²) in [4.78, 5) is 16.4. The lowest BCUT2D eigenvalue weighted by Gasteiger charge is -2.42.